The summed E-state index contributed by atoms with van der Waals surface area (Å²) in [5, 5.41) is 8.27. The third-order valence-corrected chi connectivity index (χ3v) is 2.84. The topological polar surface area (TPSA) is 40.5 Å². The van der Waals surface area contributed by atoms with Crippen molar-refractivity contribution in [1.29, 1.82) is 0 Å². The maximum absolute atomic E-state index is 10.0. The van der Waals surface area contributed by atoms with Gasteiger partial charge in [0.15, 0.2) is 0 Å². The van der Waals surface area contributed by atoms with Crippen LogP contribution in [0.25, 0.3) is 0 Å². The quantitative estimate of drug-likeness (QED) is 0.628. The lowest BCUT2D eigenvalue weighted by atomic mass is 10.1. The molecule has 0 bridgehead atoms. The molecule has 0 heterocycles. The first-order chi connectivity index (χ1) is 8.12. The number of hydrogen-bond donors (Lipinski definition) is 1. The van der Waals surface area contributed by atoms with E-state index in [2.05, 4.69) is 32.6 Å². The molecule has 1 N–H and O–H groups in total. The molecule has 0 saturated carbocycles. The molecule has 104 valence electrons. The van der Waals surface area contributed by atoms with Gasteiger partial charge in [-0.25, -0.2) is 0 Å². The maximum atomic E-state index is 10.0. The Hall–Kier alpha value is -0.570. The lowest BCUT2D eigenvalue weighted by molar-refractivity contribution is -0.137. The summed E-state index contributed by atoms with van der Waals surface area (Å²) in [6.07, 6.45) is 5.88. The highest BCUT2D eigenvalue weighted by Crippen LogP contribution is 2.04. The second-order valence-electron chi connectivity index (χ2n) is 4.18. The van der Waals surface area contributed by atoms with E-state index in [0.717, 1.165) is 12.8 Å². The van der Waals surface area contributed by atoms with Crippen LogP contribution in [0.4, 0.5) is 0 Å². The van der Waals surface area contributed by atoms with Crippen LogP contribution in [0.1, 0.15) is 66.2 Å². The molecular weight excluding hydrogens is 214 g/mol. The first-order valence-corrected chi connectivity index (χ1v) is 7.06. The Bertz CT molecular complexity index is 151. The Kier molecular flexibility index (Phi) is 17.1. The van der Waals surface area contributed by atoms with Gasteiger partial charge >= 0.3 is 5.97 Å². The summed E-state index contributed by atoms with van der Waals surface area (Å²) in [6.45, 7) is 12.3. The smallest absolute Gasteiger partial charge is 0.303 e. The van der Waals surface area contributed by atoms with Gasteiger partial charge in [0.2, 0.25) is 0 Å². The summed E-state index contributed by atoms with van der Waals surface area (Å²) in [4.78, 5) is 12.4. The number of nitrogens with zero attached hydrogens (tertiary/aromatic N) is 1. The van der Waals surface area contributed by atoms with E-state index in [1.165, 1.54) is 38.9 Å². The monoisotopic (exact) mass is 245 g/mol. The van der Waals surface area contributed by atoms with Gasteiger partial charge in [0.1, 0.15) is 0 Å². The number of carboxylic acid groups (broad SMARTS) is 1. The number of rotatable bonds is 9. The molecule has 0 radical (unpaired) electrons. The van der Waals surface area contributed by atoms with Gasteiger partial charge in [0, 0.05) is 6.42 Å². The van der Waals surface area contributed by atoms with Crippen LogP contribution in [-0.2, 0) is 4.79 Å². The van der Waals surface area contributed by atoms with Crippen LogP contribution in [0.15, 0.2) is 0 Å². The van der Waals surface area contributed by atoms with Gasteiger partial charge in [-0.2, -0.15) is 0 Å². The average molecular weight is 245 g/mol. The van der Waals surface area contributed by atoms with Gasteiger partial charge in [0.05, 0.1) is 0 Å². The SMILES string of the molecule is CCCCCCCC(=O)O.CCN(CC)CC. The maximum Gasteiger partial charge on any atom is 0.303 e. The van der Waals surface area contributed by atoms with Gasteiger partial charge in [-0.05, 0) is 26.1 Å². The molecule has 0 aromatic rings. The van der Waals surface area contributed by atoms with Crippen molar-refractivity contribution >= 4 is 5.97 Å². The minimum atomic E-state index is -0.670. The highest BCUT2D eigenvalue weighted by Gasteiger charge is 1.94. The Morgan fingerprint density at radius 2 is 1.35 bits per heavy atom. The van der Waals surface area contributed by atoms with E-state index in [0.29, 0.717) is 6.42 Å². The molecule has 0 aliphatic rings. The number of unbranched alkanes of at least 4 members (excludes halogenated alkanes) is 4. The van der Waals surface area contributed by atoms with E-state index >= 15 is 0 Å². The Morgan fingerprint density at radius 3 is 1.65 bits per heavy atom. The van der Waals surface area contributed by atoms with Crippen molar-refractivity contribution < 1.29 is 9.90 Å². The number of carboxylic acids is 1. The predicted octanol–water partition coefficient (Wildman–Crippen LogP) is 3.78. The molecule has 0 atom stereocenters. The van der Waals surface area contributed by atoms with Crippen LogP contribution in [0.5, 0.6) is 0 Å². The van der Waals surface area contributed by atoms with Crippen LogP contribution < -0.4 is 0 Å². The minimum Gasteiger partial charge on any atom is -0.481 e. The van der Waals surface area contributed by atoms with E-state index in [-0.39, 0.29) is 0 Å². The molecule has 17 heavy (non-hydrogen) atoms. The molecule has 0 aliphatic carbocycles. The molecule has 0 aromatic carbocycles. The van der Waals surface area contributed by atoms with E-state index < -0.39 is 5.97 Å². The van der Waals surface area contributed by atoms with E-state index in [9.17, 15) is 4.79 Å². The van der Waals surface area contributed by atoms with Crippen molar-refractivity contribution in [1.82, 2.24) is 4.90 Å². The fourth-order valence-electron chi connectivity index (χ4n) is 1.55. The second kappa shape index (κ2) is 15.4. The molecule has 0 saturated heterocycles. The van der Waals surface area contributed by atoms with Crippen LogP contribution in [-0.4, -0.2) is 35.6 Å². The second-order valence-corrected chi connectivity index (χ2v) is 4.18. The van der Waals surface area contributed by atoms with Crippen LogP contribution >= 0.6 is 0 Å². The summed E-state index contributed by atoms with van der Waals surface area (Å²) >= 11 is 0. The lowest BCUT2D eigenvalue weighted by Crippen LogP contribution is -2.21. The predicted molar refractivity (Wildman–Crippen MR) is 74.5 cm³/mol. The summed E-state index contributed by atoms with van der Waals surface area (Å²) in [5.41, 5.74) is 0. The molecule has 0 spiro atoms. The summed E-state index contributed by atoms with van der Waals surface area (Å²) < 4.78 is 0. The third-order valence-electron chi connectivity index (χ3n) is 2.84. The largest absolute Gasteiger partial charge is 0.481 e. The molecule has 0 rings (SSSR count). The fraction of sp³-hybridized carbons (Fsp3) is 0.929. The van der Waals surface area contributed by atoms with Crippen molar-refractivity contribution in [3.8, 4) is 0 Å². The summed E-state index contributed by atoms with van der Waals surface area (Å²) in [7, 11) is 0. The van der Waals surface area contributed by atoms with Crippen molar-refractivity contribution in [3.63, 3.8) is 0 Å². The Morgan fingerprint density at radius 1 is 0.882 bits per heavy atom. The first kappa shape index (κ1) is 18.8. The average Bonchev–Trinajstić information content (AvgIpc) is 2.31. The molecular formula is C14H31NO2. The van der Waals surface area contributed by atoms with Crippen molar-refractivity contribution in [2.75, 3.05) is 19.6 Å². The number of aliphatic carboxylic acids is 1. The van der Waals surface area contributed by atoms with Crippen LogP contribution in [0, 0.1) is 0 Å². The van der Waals surface area contributed by atoms with Gasteiger partial charge < -0.3 is 10.0 Å². The van der Waals surface area contributed by atoms with Gasteiger partial charge in [-0.3, -0.25) is 4.79 Å². The van der Waals surface area contributed by atoms with Gasteiger partial charge in [-0.15, -0.1) is 0 Å². The van der Waals surface area contributed by atoms with Gasteiger partial charge in [0.25, 0.3) is 0 Å². The zero-order chi connectivity index (χ0) is 13.5. The minimum absolute atomic E-state index is 0.337. The zero-order valence-electron chi connectivity index (χ0n) is 12.2. The Balaban J connectivity index is 0. The number of carbonyl (C=O) groups is 1. The van der Waals surface area contributed by atoms with Crippen molar-refractivity contribution in [2.45, 2.75) is 66.2 Å². The summed E-state index contributed by atoms with van der Waals surface area (Å²) in [6, 6.07) is 0. The van der Waals surface area contributed by atoms with Crippen molar-refractivity contribution in [3.05, 3.63) is 0 Å². The zero-order valence-corrected chi connectivity index (χ0v) is 12.2. The molecule has 0 aromatic heterocycles. The van der Waals surface area contributed by atoms with E-state index in [1.807, 2.05) is 0 Å². The van der Waals surface area contributed by atoms with Gasteiger partial charge in [-0.1, -0.05) is 53.4 Å². The molecule has 3 nitrogen and oxygen atoms in total. The van der Waals surface area contributed by atoms with Crippen molar-refractivity contribution in [2.24, 2.45) is 0 Å². The first-order valence-electron chi connectivity index (χ1n) is 7.06. The van der Waals surface area contributed by atoms with E-state index in [1.54, 1.807) is 0 Å². The van der Waals surface area contributed by atoms with Crippen LogP contribution in [0.3, 0.4) is 0 Å². The van der Waals surface area contributed by atoms with Crippen LogP contribution in [0.2, 0.25) is 0 Å². The Labute approximate surface area is 107 Å². The molecule has 0 fully saturated rings. The molecule has 0 aliphatic heterocycles. The standard InChI is InChI=1S/C8H16O2.C6H15N/c1-2-3-4-5-6-7-8(9)10;1-4-7(5-2)6-3/h2-7H2,1H3,(H,9,10);4-6H2,1-3H3. The third kappa shape index (κ3) is 18.0. The normalized spacial score (nSPS) is 9.94. The molecule has 0 amide bonds. The fourth-order valence-corrected chi connectivity index (χ4v) is 1.55. The molecule has 3 heteroatoms. The lowest BCUT2D eigenvalue weighted by Gasteiger charge is -2.13. The summed E-state index contributed by atoms with van der Waals surface area (Å²) in [5.74, 6) is -0.670. The highest BCUT2D eigenvalue weighted by molar-refractivity contribution is 5.66. The number of hydrogen-bond acceptors (Lipinski definition) is 2. The molecule has 0 unspecified atom stereocenters. The van der Waals surface area contributed by atoms with E-state index in [4.69, 9.17) is 5.11 Å². The highest BCUT2D eigenvalue weighted by atomic mass is 16.4.